The predicted octanol–water partition coefficient (Wildman–Crippen LogP) is 5.00. The van der Waals surface area contributed by atoms with Crippen LogP contribution < -0.4 is 10.1 Å². The summed E-state index contributed by atoms with van der Waals surface area (Å²) in [6.07, 6.45) is -3.52. The van der Waals surface area contributed by atoms with E-state index < -0.39 is 11.7 Å². The molecule has 2 aromatic carbocycles. The van der Waals surface area contributed by atoms with Crippen molar-refractivity contribution in [2.24, 2.45) is 0 Å². The second kappa shape index (κ2) is 8.94. The van der Waals surface area contributed by atoms with Gasteiger partial charge in [0, 0.05) is 19.0 Å². The summed E-state index contributed by atoms with van der Waals surface area (Å²) in [5.41, 5.74) is 1.01. The van der Waals surface area contributed by atoms with Crippen LogP contribution in [-0.4, -0.2) is 12.5 Å². The van der Waals surface area contributed by atoms with Crippen LogP contribution in [0, 0.1) is 0 Å². The maximum absolute atomic E-state index is 12.7. The van der Waals surface area contributed by atoms with Gasteiger partial charge in [-0.05, 0) is 35.7 Å². The number of benzene rings is 2. The van der Waals surface area contributed by atoms with Gasteiger partial charge < -0.3 is 10.1 Å². The number of hydrogen-bond acceptors (Lipinski definition) is 2. The summed E-state index contributed by atoms with van der Waals surface area (Å²) in [6, 6.07) is 12.9. The molecule has 0 saturated heterocycles. The highest BCUT2D eigenvalue weighted by Gasteiger charge is 2.30. The number of nitrogens with one attached hydrogen (secondary N) is 1. The lowest BCUT2D eigenvalue weighted by atomic mass is 10.1. The van der Waals surface area contributed by atoms with E-state index in [9.17, 15) is 13.2 Å². The molecule has 0 aliphatic heterocycles. The molecule has 6 heteroatoms. The molecule has 0 atom stereocenters. The van der Waals surface area contributed by atoms with E-state index in [0.717, 1.165) is 23.8 Å². The van der Waals surface area contributed by atoms with E-state index in [-0.39, 0.29) is 0 Å². The molecule has 24 heavy (non-hydrogen) atoms. The second-order valence-corrected chi connectivity index (χ2v) is 5.71. The normalized spacial score (nSPS) is 11.5. The van der Waals surface area contributed by atoms with Crippen LogP contribution in [0.15, 0.2) is 48.5 Å². The monoisotopic (exact) mass is 357 g/mol. The molecule has 0 aliphatic carbocycles. The van der Waals surface area contributed by atoms with Crippen LogP contribution in [0.5, 0.6) is 5.75 Å². The van der Waals surface area contributed by atoms with Gasteiger partial charge in [-0.25, -0.2) is 0 Å². The van der Waals surface area contributed by atoms with Gasteiger partial charge in [0.25, 0.3) is 0 Å². The zero-order chi connectivity index (χ0) is 17.4. The Morgan fingerprint density at radius 2 is 1.67 bits per heavy atom. The minimum atomic E-state index is -4.31. The van der Waals surface area contributed by atoms with E-state index in [4.69, 9.17) is 16.3 Å². The van der Waals surface area contributed by atoms with Crippen molar-refractivity contribution in [3.8, 4) is 5.75 Å². The molecule has 0 fully saturated rings. The number of alkyl halides is 4. The number of hydrogen-bond donors (Lipinski definition) is 1. The van der Waals surface area contributed by atoms with Crippen molar-refractivity contribution in [1.29, 1.82) is 0 Å². The maximum atomic E-state index is 12.7. The quantitative estimate of drug-likeness (QED) is 0.530. The third kappa shape index (κ3) is 6.06. The first kappa shape index (κ1) is 18.6. The van der Waals surface area contributed by atoms with Crippen LogP contribution in [0.2, 0.25) is 0 Å². The average molecular weight is 358 g/mol. The highest BCUT2D eigenvalue weighted by atomic mass is 35.5. The lowest BCUT2D eigenvalue weighted by molar-refractivity contribution is -0.137. The van der Waals surface area contributed by atoms with E-state index in [0.29, 0.717) is 31.1 Å². The van der Waals surface area contributed by atoms with Crippen molar-refractivity contribution in [3.05, 3.63) is 65.2 Å². The van der Waals surface area contributed by atoms with Gasteiger partial charge in [-0.2, -0.15) is 13.2 Å². The predicted molar refractivity (Wildman–Crippen MR) is 89.3 cm³/mol. The Morgan fingerprint density at radius 1 is 0.958 bits per heavy atom. The SMILES string of the molecule is FC(F)(F)c1cccc(CNCc2ccc(OCCCCl)cc2)c1. The maximum Gasteiger partial charge on any atom is 0.416 e. The summed E-state index contributed by atoms with van der Waals surface area (Å²) in [4.78, 5) is 0. The van der Waals surface area contributed by atoms with Crippen molar-refractivity contribution in [1.82, 2.24) is 5.32 Å². The van der Waals surface area contributed by atoms with Gasteiger partial charge in [0.1, 0.15) is 5.75 Å². The molecule has 2 rings (SSSR count). The first-order chi connectivity index (χ1) is 11.5. The number of rotatable bonds is 8. The summed E-state index contributed by atoms with van der Waals surface area (Å²) < 4.78 is 43.5. The van der Waals surface area contributed by atoms with Gasteiger partial charge in [0.2, 0.25) is 0 Å². The van der Waals surface area contributed by atoms with Gasteiger partial charge in [-0.15, -0.1) is 11.6 Å². The first-order valence-corrected chi connectivity index (χ1v) is 8.17. The minimum Gasteiger partial charge on any atom is -0.494 e. The molecule has 1 N–H and O–H groups in total. The average Bonchev–Trinajstić information content (AvgIpc) is 2.56. The van der Waals surface area contributed by atoms with E-state index in [1.54, 1.807) is 6.07 Å². The summed E-state index contributed by atoms with van der Waals surface area (Å²) in [7, 11) is 0. The Labute approximate surface area is 144 Å². The Hall–Kier alpha value is -1.72. The van der Waals surface area contributed by atoms with Crippen LogP contribution in [0.4, 0.5) is 13.2 Å². The third-order valence-corrected chi connectivity index (χ3v) is 3.65. The Morgan fingerprint density at radius 3 is 2.33 bits per heavy atom. The van der Waals surface area contributed by atoms with Crippen LogP contribution >= 0.6 is 11.6 Å². The smallest absolute Gasteiger partial charge is 0.416 e. The van der Waals surface area contributed by atoms with Crippen molar-refractivity contribution < 1.29 is 17.9 Å². The second-order valence-electron chi connectivity index (χ2n) is 5.34. The largest absolute Gasteiger partial charge is 0.494 e. The van der Waals surface area contributed by atoms with Crippen LogP contribution in [-0.2, 0) is 19.3 Å². The molecule has 0 aromatic heterocycles. The van der Waals surface area contributed by atoms with Gasteiger partial charge >= 0.3 is 6.18 Å². The van der Waals surface area contributed by atoms with Crippen molar-refractivity contribution >= 4 is 11.6 Å². The Balaban J connectivity index is 1.82. The standard InChI is InChI=1S/C18H19ClF3NO/c19-9-2-10-24-17-7-5-14(6-8-17)12-23-13-15-3-1-4-16(11-15)18(20,21)22/h1,3-8,11,23H,2,9-10,12-13H2. The summed E-state index contributed by atoms with van der Waals surface area (Å²) in [5, 5.41) is 3.14. The molecule has 0 heterocycles. The lowest BCUT2D eigenvalue weighted by Crippen LogP contribution is -2.13. The molecule has 0 amide bonds. The number of ether oxygens (including phenoxy) is 1. The number of halogens is 4. The van der Waals surface area contributed by atoms with Crippen molar-refractivity contribution in [2.75, 3.05) is 12.5 Å². The highest BCUT2D eigenvalue weighted by Crippen LogP contribution is 2.29. The van der Waals surface area contributed by atoms with Crippen molar-refractivity contribution in [2.45, 2.75) is 25.7 Å². The fourth-order valence-electron chi connectivity index (χ4n) is 2.16. The van der Waals surface area contributed by atoms with E-state index >= 15 is 0 Å². The zero-order valence-electron chi connectivity index (χ0n) is 13.1. The van der Waals surface area contributed by atoms with E-state index in [1.807, 2.05) is 24.3 Å². The molecule has 0 saturated carbocycles. The summed E-state index contributed by atoms with van der Waals surface area (Å²) >= 11 is 5.58. The topological polar surface area (TPSA) is 21.3 Å². The third-order valence-electron chi connectivity index (χ3n) is 3.38. The molecule has 0 aliphatic rings. The molecule has 130 valence electrons. The fourth-order valence-corrected chi connectivity index (χ4v) is 2.27. The van der Waals surface area contributed by atoms with E-state index in [2.05, 4.69) is 5.32 Å². The Kier molecular flexibility index (Phi) is 6.94. The Bertz CT molecular complexity index is 629. The van der Waals surface area contributed by atoms with Crippen LogP contribution in [0.3, 0.4) is 0 Å². The molecule has 2 nitrogen and oxygen atoms in total. The molecule has 0 bridgehead atoms. The molecule has 0 radical (unpaired) electrons. The summed E-state index contributed by atoms with van der Waals surface area (Å²) in [6.45, 7) is 1.52. The molecule has 0 unspecified atom stereocenters. The molecule has 0 spiro atoms. The van der Waals surface area contributed by atoms with Gasteiger partial charge in [-0.1, -0.05) is 30.3 Å². The van der Waals surface area contributed by atoms with Gasteiger partial charge in [-0.3, -0.25) is 0 Å². The van der Waals surface area contributed by atoms with Crippen LogP contribution in [0.1, 0.15) is 23.1 Å². The zero-order valence-corrected chi connectivity index (χ0v) is 13.8. The van der Waals surface area contributed by atoms with E-state index in [1.165, 1.54) is 12.1 Å². The molecular formula is C18H19ClF3NO. The summed E-state index contributed by atoms with van der Waals surface area (Å²) in [5.74, 6) is 1.35. The molecular weight excluding hydrogens is 339 g/mol. The minimum absolute atomic E-state index is 0.373. The van der Waals surface area contributed by atoms with Crippen molar-refractivity contribution in [3.63, 3.8) is 0 Å². The lowest BCUT2D eigenvalue weighted by Gasteiger charge is -2.10. The fraction of sp³-hybridized carbons (Fsp3) is 0.333. The highest BCUT2D eigenvalue weighted by molar-refractivity contribution is 6.17. The van der Waals surface area contributed by atoms with Crippen LogP contribution in [0.25, 0.3) is 0 Å². The van der Waals surface area contributed by atoms with Gasteiger partial charge in [0.05, 0.1) is 12.2 Å². The van der Waals surface area contributed by atoms with Gasteiger partial charge in [0.15, 0.2) is 0 Å². The first-order valence-electron chi connectivity index (χ1n) is 7.63. The molecule has 2 aromatic rings.